The summed E-state index contributed by atoms with van der Waals surface area (Å²) in [6, 6.07) is 2.92. The molecule has 1 amide bonds. The maximum absolute atomic E-state index is 12.4. The molecule has 2 heterocycles. The van der Waals surface area contributed by atoms with Crippen molar-refractivity contribution in [2.24, 2.45) is 5.41 Å². The largest absolute Gasteiger partial charge is 0.475 e. The van der Waals surface area contributed by atoms with Gasteiger partial charge >= 0.3 is 5.97 Å². The summed E-state index contributed by atoms with van der Waals surface area (Å²) in [6.07, 6.45) is 1.95. The maximum Gasteiger partial charge on any atom is 0.371 e. The van der Waals surface area contributed by atoms with Crippen LogP contribution in [0.5, 0.6) is 0 Å². The molecule has 1 aromatic rings. The molecule has 5 heteroatoms. The fourth-order valence-corrected chi connectivity index (χ4v) is 2.62. The van der Waals surface area contributed by atoms with Crippen molar-refractivity contribution in [2.45, 2.75) is 39.7 Å². The number of amides is 1. The van der Waals surface area contributed by atoms with E-state index in [9.17, 15) is 9.59 Å². The summed E-state index contributed by atoms with van der Waals surface area (Å²) >= 11 is 0. The molecule has 104 valence electrons. The molecule has 0 aromatic carbocycles. The van der Waals surface area contributed by atoms with E-state index in [0.717, 1.165) is 12.8 Å². The number of likely N-dealkylation sites (tertiary alicyclic amines) is 1. The molecule has 0 bridgehead atoms. The molecule has 1 saturated heterocycles. The Labute approximate surface area is 112 Å². The SMILES string of the molecule is CC(C)(C)C1CCCN1C(=O)c1ccc(C(=O)O)o1. The Bertz CT molecular complexity index is 498. The number of hydrogen-bond acceptors (Lipinski definition) is 3. The topological polar surface area (TPSA) is 70.8 Å². The third kappa shape index (κ3) is 2.64. The highest BCUT2D eigenvalue weighted by Crippen LogP contribution is 2.33. The predicted octanol–water partition coefficient (Wildman–Crippen LogP) is 2.63. The van der Waals surface area contributed by atoms with Crippen LogP contribution in [0.4, 0.5) is 0 Å². The summed E-state index contributed by atoms with van der Waals surface area (Å²) in [7, 11) is 0. The molecule has 1 N–H and O–H groups in total. The normalized spacial score (nSPS) is 19.7. The summed E-state index contributed by atoms with van der Waals surface area (Å²) in [6.45, 7) is 7.01. The van der Waals surface area contributed by atoms with Gasteiger partial charge in [0.1, 0.15) is 0 Å². The van der Waals surface area contributed by atoms with Crippen molar-refractivity contribution in [2.75, 3.05) is 6.54 Å². The molecule has 1 fully saturated rings. The average molecular weight is 265 g/mol. The fraction of sp³-hybridized carbons (Fsp3) is 0.571. The lowest BCUT2D eigenvalue weighted by Gasteiger charge is -2.34. The van der Waals surface area contributed by atoms with Crippen molar-refractivity contribution in [1.82, 2.24) is 4.90 Å². The summed E-state index contributed by atoms with van der Waals surface area (Å²) in [5, 5.41) is 8.81. The highest BCUT2D eigenvalue weighted by atomic mass is 16.4. The van der Waals surface area contributed by atoms with Gasteiger partial charge in [0.15, 0.2) is 5.76 Å². The number of carboxylic acids is 1. The molecule has 0 spiro atoms. The summed E-state index contributed by atoms with van der Waals surface area (Å²) in [5.74, 6) is -1.47. The second-order valence-electron chi connectivity index (χ2n) is 5.99. The van der Waals surface area contributed by atoms with E-state index in [4.69, 9.17) is 9.52 Å². The zero-order chi connectivity index (χ0) is 14.2. The van der Waals surface area contributed by atoms with Gasteiger partial charge in [-0.15, -0.1) is 0 Å². The van der Waals surface area contributed by atoms with Gasteiger partial charge < -0.3 is 14.4 Å². The van der Waals surface area contributed by atoms with Crippen LogP contribution in [0.3, 0.4) is 0 Å². The van der Waals surface area contributed by atoms with Gasteiger partial charge in [0, 0.05) is 12.6 Å². The lowest BCUT2D eigenvalue weighted by atomic mass is 9.85. The van der Waals surface area contributed by atoms with Gasteiger partial charge in [-0.2, -0.15) is 0 Å². The van der Waals surface area contributed by atoms with E-state index in [1.165, 1.54) is 12.1 Å². The number of carboxylic acid groups (broad SMARTS) is 1. The minimum Gasteiger partial charge on any atom is -0.475 e. The highest BCUT2D eigenvalue weighted by molar-refractivity contribution is 5.93. The molecule has 5 nitrogen and oxygen atoms in total. The van der Waals surface area contributed by atoms with Crippen molar-refractivity contribution in [3.8, 4) is 0 Å². The Hall–Kier alpha value is -1.78. The number of rotatable bonds is 2. The van der Waals surface area contributed by atoms with E-state index < -0.39 is 5.97 Å². The Morgan fingerprint density at radius 1 is 1.32 bits per heavy atom. The zero-order valence-corrected chi connectivity index (χ0v) is 11.5. The molecule has 0 aliphatic carbocycles. The third-order valence-electron chi connectivity index (χ3n) is 3.54. The lowest BCUT2D eigenvalue weighted by molar-refractivity contribution is 0.0582. The molecule has 0 radical (unpaired) electrons. The molecular weight excluding hydrogens is 246 g/mol. The molecule has 1 atom stereocenters. The number of carbonyl (C=O) groups excluding carboxylic acids is 1. The van der Waals surface area contributed by atoms with Crippen LogP contribution in [-0.4, -0.2) is 34.5 Å². The minimum atomic E-state index is -1.16. The maximum atomic E-state index is 12.4. The number of aromatic carboxylic acids is 1. The Morgan fingerprint density at radius 3 is 2.47 bits per heavy atom. The lowest BCUT2D eigenvalue weighted by Crippen LogP contribution is -2.42. The summed E-state index contributed by atoms with van der Waals surface area (Å²) in [5.41, 5.74) is 0.00831. The van der Waals surface area contributed by atoms with Crippen molar-refractivity contribution < 1.29 is 19.1 Å². The van der Waals surface area contributed by atoms with Crippen molar-refractivity contribution in [3.63, 3.8) is 0 Å². The van der Waals surface area contributed by atoms with Crippen LogP contribution in [0.1, 0.15) is 54.7 Å². The van der Waals surface area contributed by atoms with E-state index in [2.05, 4.69) is 20.8 Å². The third-order valence-corrected chi connectivity index (χ3v) is 3.54. The first-order chi connectivity index (χ1) is 8.80. The Balaban J connectivity index is 2.21. The van der Waals surface area contributed by atoms with Gasteiger partial charge in [-0.3, -0.25) is 4.79 Å². The van der Waals surface area contributed by atoms with Crippen LogP contribution in [-0.2, 0) is 0 Å². The highest BCUT2D eigenvalue weighted by Gasteiger charge is 2.38. The van der Waals surface area contributed by atoms with Crippen LogP contribution in [0.2, 0.25) is 0 Å². The quantitative estimate of drug-likeness (QED) is 0.892. The first-order valence-corrected chi connectivity index (χ1v) is 6.45. The monoisotopic (exact) mass is 265 g/mol. The molecule has 1 aliphatic rings. The molecular formula is C14H19NO4. The first-order valence-electron chi connectivity index (χ1n) is 6.45. The molecule has 0 saturated carbocycles. The standard InChI is InChI=1S/C14H19NO4/c1-14(2,3)11-5-4-8-15(11)12(16)9-6-7-10(19-9)13(17)18/h6-7,11H,4-5,8H2,1-3H3,(H,17,18). The van der Waals surface area contributed by atoms with Crippen LogP contribution in [0, 0.1) is 5.41 Å². The van der Waals surface area contributed by atoms with E-state index in [1.807, 2.05) is 0 Å². The van der Waals surface area contributed by atoms with E-state index in [0.29, 0.717) is 6.54 Å². The Morgan fingerprint density at radius 2 is 1.95 bits per heavy atom. The molecule has 1 aromatic heterocycles. The Kier molecular flexibility index (Phi) is 3.39. The van der Waals surface area contributed by atoms with Gasteiger partial charge in [-0.05, 0) is 30.4 Å². The van der Waals surface area contributed by atoms with Gasteiger partial charge in [-0.25, -0.2) is 4.79 Å². The van der Waals surface area contributed by atoms with Gasteiger partial charge in [-0.1, -0.05) is 20.8 Å². The molecule has 19 heavy (non-hydrogen) atoms. The van der Waals surface area contributed by atoms with E-state index >= 15 is 0 Å². The van der Waals surface area contributed by atoms with E-state index in [-0.39, 0.29) is 28.9 Å². The van der Waals surface area contributed by atoms with Crippen LogP contribution in [0.25, 0.3) is 0 Å². The first kappa shape index (κ1) is 13.6. The smallest absolute Gasteiger partial charge is 0.371 e. The molecule has 1 aliphatic heterocycles. The summed E-state index contributed by atoms with van der Waals surface area (Å²) in [4.78, 5) is 24.9. The number of nitrogens with zero attached hydrogens (tertiary/aromatic N) is 1. The molecule has 1 unspecified atom stereocenters. The van der Waals surface area contributed by atoms with Crippen LogP contribution in [0.15, 0.2) is 16.5 Å². The number of hydrogen-bond donors (Lipinski definition) is 1. The van der Waals surface area contributed by atoms with Crippen molar-refractivity contribution >= 4 is 11.9 Å². The van der Waals surface area contributed by atoms with Crippen LogP contribution >= 0.6 is 0 Å². The van der Waals surface area contributed by atoms with Crippen molar-refractivity contribution in [1.29, 1.82) is 0 Å². The minimum absolute atomic E-state index is 0.00831. The average Bonchev–Trinajstić information content (AvgIpc) is 2.96. The fourth-order valence-electron chi connectivity index (χ4n) is 2.62. The molecule has 2 rings (SSSR count). The summed E-state index contributed by atoms with van der Waals surface area (Å²) < 4.78 is 5.09. The van der Waals surface area contributed by atoms with E-state index in [1.54, 1.807) is 4.90 Å². The van der Waals surface area contributed by atoms with Gasteiger partial charge in [0.2, 0.25) is 5.76 Å². The number of furan rings is 1. The second-order valence-corrected chi connectivity index (χ2v) is 5.99. The van der Waals surface area contributed by atoms with Gasteiger partial charge in [0.25, 0.3) is 5.91 Å². The van der Waals surface area contributed by atoms with Gasteiger partial charge in [0.05, 0.1) is 0 Å². The zero-order valence-electron chi connectivity index (χ0n) is 11.5. The van der Waals surface area contributed by atoms with Crippen LogP contribution < -0.4 is 0 Å². The second kappa shape index (κ2) is 4.72. The van der Waals surface area contributed by atoms with Crippen molar-refractivity contribution in [3.05, 3.63) is 23.7 Å². The number of carbonyl (C=O) groups is 2. The predicted molar refractivity (Wildman–Crippen MR) is 69.2 cm³/mol.